The maximum atomic E-state index is 13.6. The first-order chi connectivity index (χ1) is 21.9. The van der Waals surface area contributed by atoms with Gasteiger partial charge in [-0.25, -0.2) is 8.78 Å². The Morgan fingerprint density at radius 3 is 1.56 bits per heavy atom. The lowest BCUT2D eigenvalue weighted by molar-refractivity contribution is 0.0248. The summed E-state index contributed by atoms with van der Waals surface area (Å²) < 4.78 is 27.3. The zero-order valence-electron chi connectivity index (χ0n) is 25.7. The predicted molar refractivity (Wildman–Crippen MR) is 180 cm³/mol. The normalized spacial score (nSPS) is 15.9. The largest absolute Gasteiger partial charge is 0.391 e. The van der Waals surface area contributed by atoms with Gasteiger partial charge in [0.1, 0.15) is 11.6 Å². The second kappa shape index (κ2) is 17.0. The summed E-state index contributed by atoms with van der Waals surface area (Å²) in [6.45, 7) is 3.87. The Hall–Kier alpha value is -3.07. The van der Waals surface area contributed by atoms with Gasteiger partial charge in [-0.05, 0) is 85.3 Å². The van der Waals surface area contributed by atoms with Crippen LogP contribution in [0.3, 0.4) is 0 Å². The SMILES string of the molecule is OC(Cc1ccccc1)CN(CC(O)Cc1ccccc1)C1CCN(CCSC(c2ccc(F)cc2)c2ccc(F)cc2)CC1. The molecule has 1 aliphatic heterocycles. The van der Waals surface area contributed by atoms with E-state index in [0.717, 1.165) is 60.5 Å². The van der Waals surface area contributed by atoms with Crippen molar-refractivity contribution in [1.82, 2.24) is 9.80 Å². The van der Waals surface area contributed by atoms with Crippen molar-refractivity contribution in [2.45, 2.75) is 49.2 Å². The Balaban J connectivity index is 1.16. The van der Waals surface area contributed by atoms with Crippen LogP contribution in [-0.4, -0.2) is 76.7 Å². The van der Waals surface area contributed by atoms with Gasteiger partial charge in [0.05, 0.1) is 17.5 Å². The lowest BCUT2D eigenvalue weighted by atomic mass is 9.99. The van der Waals surface area contributed by atoms with Crippen LogP contribution in [0.2, 0.25) is 0 Å². The van der Waals surface area contributed by atoms with Crippen LogP contribution in [0.5, 0.6) is 0 Å². The average Bonchev–Trinajstić information content (AvgIpc) is 3.05. The highest BCUT2D eigenvalue weighted by Gasteiger charge is 2.28. The summed E-state index contributed by atoms with van der Waals surface area (Å²) in [5.41, 5.74) is 4.24. The number of likely N-dealkylation sites (tertiary alicyclic amines) is 1. The molecule has 4 nitrogen and oxygen atoms in total. The van der Waals surface area contributed by atoms with E-state index >= 15 is 0 Å². The Morgan fingerprint density at radius 2 is 1.11 bits per heavy atom. The fourth-order valence-electron chi connectivity index (χ4n) is 6.28. The molecule has 0 saturated carbocycles. The van der Waals surface area contributed by atoms with Gasteiger partial charge in [-0.3, -0.25) is 4.90 Å². The van der Waals surface area contributed by atoms with Crippen LogP contribution in [0.4, 0.5) is 8.78 Å². The van der Waals surface area contributed by atoms with Gasteiger partial charge in [-0.2, -0.15) is 0 Å². The molecule has 1 heterocycles. The van der Waals surface area contributed by atoms with Gasteiger partial charge in [0, 0.05) is 31.4 Å². The van der Waals surface area contributed by atoms with E-state index in [9.17, 15) is 19.0 Å². The summed E-state index contributed by atoms with van der Waals surface area (Å²) in [6, 6.07) is 33.6. The molecule has 45 heavy (non-hydrogen) atoms. The summed E-state index contributed by atoms with van der Waals surface area (Å²) in [5.74, 6) is 0.358. The molecule has 0 bridgehead atoms. The van der Waals surface area contributed by atoms with E-state index in [1.54, 1.807) is 11.8 Å². The van der Waals surface area contributed by atoms with Crippen molar-refractivity contribution in [2.24, 2.45) is 0 Å². The zero-order valence-corrected chi connectivity index (χ0v) is 26.5. The van der Waals surface area contributed by atoms with Crippen LogP contribution in [0.25, 0.3) is 0 Å². The predicted octanol–water partition coefficient (Wildman–Crippen LogP) is 6.76. The number of piperidine rings is 1. The molecule has 238 valence electrons. The molecular weight excluding hydrogens is 586 g/mol. The molecule has 1 fully saturated rings. The van der Waals surface area contributed by atoms with Gasteiger partial charge in [0.2, 0.25) is 0 Å². The number of rotatable bonds is 15. The van der Waals surface area contributed by atoms with Crippen LogP contribution in [-0.2, 0) is 12.8 Å². The van der Waals surface area contributed by atoms with Gasteiger partial charge in [-0.15, -0.1) is 11.8 Å². The fraction of sp³-hybridized carbons (Fsp3) is 0.368. The smallest absolute Gasteiger partial charge is 0.123 e. The standard InChI is InChI=1S/C38H44F2N2O2S/c39-33-15-11-31(12-16-33)38(32-13-17-34(40)18-14-32)45-24-23-41-21-19-35(20-22-41)42(27-36(43)25-29-7-3-1-4-8-29)28-37(44)26-30-9-5-2-6-10-30/h1-18,35-38,43-44H,19-28H2. The highest BCUT2D eigenvalue weighted by atomic mass is 32.2. The molecule has 0 aromatic heterocycles. The molecule has 0 spiro atoms. The molecule has 2 unspecified atom stereocenters. The molecule has 0 radical (unpaired) electrons. The second-order valence-corrected chi connectivity index (χ2v) is 13.3. The summed E-state index contributed by atoms with van der Waals surface area (Å²) in [6.07, 6.45) is 2.10. The van der Waals surface area contributed by atoms with Crippen LogP contribution in [0.1, 0.15) is 40.3 Å². The lowest BCUT2D eigenvalue weighted by Crippen LogP contribution is -2.50. The molecule has 0 aliphatic carbocycles. The number of benzene rings is 4. The van der Waals surface area contributed by atoms with E-state index in [4.69, 9.17) is 0 Å². The van der Waals surface area contributed by atoms with Crippen molar-refractivity contribution >= 4 is 11.8 Å². The summed E-state index contributed by atoms with van der Waals surface area (Å²) >= 11 is 1.80. The van der Waals surface area contributed by atoms with Gasteiger partial charge in [0.25, 0.3) is 0 Å². The molecular formula is C38H44F2N2O2S. The van der Waals surface area contributed by atoms with Gasteiger partial charge in [0.15, 0.2) is 0 Å². The number of hydrogen-bond donors (Lipinski definition) is 2. The summed E-state index contributed by atoms with van der Waals surface area (Å²) in [5, 5.41) is 22.1. The van der Waals surface area contributed by atoms with Crippen LogP contribution >= 0.6 is 11.8 Å². The summed E-state index contributed by atoms with van der Waals surface area (Å²) in [7, 11) is 0. The maximum absolute atomic E-state index is 13.6. The fourth-order valence-corrected chi connectivity index (χ4v) is 7.58. The quantitative estimate of drug-likeness (QED) is 0.152. The molecule has 1 aliphatic rings. The third kappa shape index (κ3) is 10.5. The van der Waals surface area contributed by atoms with E-state index in [-0.39, 0.29) is 22.9 Å². The van der Waals surface area contributed by atoms with Crippen LogP contribution < -0.4 is 0 Å². The van der Waals surface area contributed by atoms with Gasteiger partial charge >= 0.3 is 0 Å². The second-order valence-electron chi connectivity index (χ2n) is 12.1. The van der Waals surface area contributed by atoms with E-state index in [2.05, 4.69) is 9.80 Å². The van der Waals surface area contributed by atoms with Crippen molar-refractivity contribution in [1.29, 1.82) is 0 Å². The van der Waals surface area contributed by atoms with Crippen molar-refractivity contribution in [3.63, 3.8) is 0 Å². The van der Waals surface area contributed by atoms with Crippen molar-refractivity contribution in [3.8, 4) is 0 Å². The molecule has 2 N–H and O–H groups in total. The molecule has 4 aromatic rings. The number of nitrogens with zero attached hydrogens (tertiary/aromatic N) is 2. The van der Waals surface area contributed by atoms with E-state index in [0.29, 0.717) is 25.9 Å². The summed E-state index contributed by atoms with van der Waals surface area (Å²) in [4.78, 5) is 4.79. The minimum atomic E-state index is -0.513. The number of hydrogen-bond acceptors (Lipinski definition) is 5. The molecule has 5 rings (SSSR count). The van der Waals surface area contributed by atoms with E-state index in [1.807, 2.05) is 84.9 Å². The minimum Gasteiger partial charge on any atom is -0.391 e. The first-order valence-corrected chi connectivity index (χ1v) is 17.0. The molecule has 2 atom stereocenters. The Labute approximate surface area is 270 Å². The highest BCUT2D eigenvalue weighted by Crippen LogP contribution is 2.36. The third-order valence-electron chi connectivity index (χ3n) is 8.63. The molecule has 1 saturated heterocycles. The Bertz CT molecular complexity index is 1310. The molecule has 0 amide bonds. The molecule has 7 heteroatoms. The highest BCUT2D eigenvalue weighted by molar-refractivity contribution is 7.99. The maximum Gasteiger partial charge on any atom is 0.123 e. The first-order valence-electron chi connectivity index (χ1n) is 16.0. The molecule has 4 aromatic carbocycles. The Morgan fingerprint density at radius 1 is 0.667 bits per heavy atom. The van der Waals surface area contributed by atoms with E-state index < -0.39 is 12.2 Å². The minimum absolute atomic E-state index is 0.00330. The van der Waals surface area contributed by atoms with Crippen molar-refractivity contribution in [2.75, 3.05) is 38.5 Å². The number of aliphatic hydroxyl groups is 2. The first kappa shape index (κ1) is 33.3. The van der Waals surface area contributed by atoms with Gasteiger partial charge < -0.3 is 15.1 Å². The number of halogens is 2. The average molecular weight is 631 g/mol. The van der Waals surface area contributed by atoms with Crippen LogP contribution in [0.15, 0.2) is 109 Å². The van der Waals surface area contributed by atoms with Gasteiger partial charge in [-0.1, -0.05) is 84.9 Å². The van der Waals surface area contributed by atoms with Crippen molar-refractivity contribution in [3.05, 3.63) is 143 Å². The third-order valence-corrected chi connectivity index (χ3v) is 9.93. The van der Waals surface area contributed by atoms with E-state index in [1.165, 1.54) is 24.3 Å². The number of thioether (sulfide) groups is 1. The Kier molecular flexibility index (Phi) is 12.6. The monoisotopic (exact) mass is 630 g/mol. The van der Waals surface area contributed by atoms with Crippen LogP contribution in [0, 0.1) is 11.6 Å². The van der Waals surface area contributed by atoms with Crippen molar-refractivity contribution < 1.29 is 19.0 Å². The number of aliphatic hydroxyl groups excluding tert-OH is 2. The topological polar surface area (TPSA) is 46.9 Å². The lowest BCUT2D eigenvalue weighted by Gasteiger charge is -2.40. The zero-order chi connectivity index (χ0) is 31.4.